The van der Waals surface area contributed by atoms with E-state index in [1.54, 1.807) is 18.3 Å². The normalized spacial score (nSPS) is 20.2. The Bertz CT molecular complexity index is 1170. The number of aliphatic imine (C=N–C) groups is 2. The Morgan fingerprint density at radius 1 is 1.26 bits per heavy atom. The maximum Gasteiger partial charge on any atom is 0.240 e. The van der Waals surface area contributed by atoms with Gasteiger partial charge < -0.3 is 16.0 Å². The summed E-state index contributed by atoms with van der Waals surface area (Å²) in [6, 6.07) is 6.72. The molecule has 1 saturated heterocycles. The molecule has 0 spiro atoms. The molecule has 182 valence electrons. The van der Waals surface area contributed by atoms with Gasteiger partial charge in [0.2, 0.25) is 15.9 Å². The molecule has 1 fully saturated rings. The second-order valence-corrected chi connectivity index (χ2v) is 11.1. The molecule has 1 amide bonds. The lowest BCUT2D eigenvalue weighted by molar-refractivity contribution is -0.128. The van der Waals surface area contributed by atoms with Gasteiger partial charge in [0, 0.05) is 42.6 Å². The zero-order chi connectivity index (χ0) is 24.3. The molecule has 3 heterocycles. The number of likely N-dealkylation sites (tertiary alicyclic amines) is 1. The molecule has 4 rings (SSSR count). The molecular weight excluding hydrogens is 476 g/mol. The molecule has 3 aliphatic heterocycles. The first-order valence-electron chi connectivity index (χ1n) is 11.2. The van der Waals surface area contributed by atoms with Gasteiger partial charge in [-0.3, -0.25) is 14.8 Å². The fourth-order valence-corrected chi connectivity index (χ4v) is 4.96. The third-order valence-corrected chi connectivity index (χ3v) is 7.32. The van der Waals surface area contributed by atoms with Crippen LogP contribution in [0.5, 0.6) is 0 Å². The van der Waals surface area contributed by atoms with E-state index >= 15 is 0 Å². The Kier molecular flexibility index (Phi) is 7.22. The van der Waals surface area contributed by atoms with Crippen molar-refractivity contribution in [3.05, 3.63) is 58.4 Å². The van der Waals surface area contributed by atoms with E-state index < -0.39 is 21.6 Å². The number of benzene rings is 1. The van der Waals surface area contributed by atoms with Crippen LogP contribution in [0, 0.1) is 0 Å². The highest BCUT2D eigenvalue weighted by molar-refractivity contribution is 7.88. The first kappa shape index (κ1) is 24.6. The molecule has 0 bridgehead atoms. The van der Waals surface area contributed by atoms with Crippen molar-refractivity contribution in [1.29, 1.82) is 0 Å². The smallest absolute Gasteiger partial charge is 0.240 e. The summed E-state index contributed by atoms with van der Waals surface area (Å²) in [4.78, 5) is 24.3. The van der Waals surface area contributed by atoms with E-state index in [0.29, 0.717) is 43.9 Å². The number of sulfonamides is 1. The van der Waals surface area contributed by atoms with Gasteiger partial charge in [0.25, 0.3) is 0 Å². The van der Waals surface area contributed by atoms with Gasteiger partial charge in [-0.25, -0.2) is 13.1 Å². The number of carbonyl (C=O) groups is 1. The Balaban J connectivity index is 1.43. The monoisotopic (exact) mass is 504 g/mol. The molecule has 0 aliphatic carbocycles. The Morgan fingerprint density at radius 2 is 1.97 bits per heavy atom. The highest BCUT2D eigenvalue weighted by atomic mass is 35.5. The summed E-state index contributed by atoms with van der Waals surface area (Å²) < 4.78 is 25.4. The fraction of sp³-hybridized carbons (Fsp3) is 0.435. The topological polar surface area (TPSA) is 129 Å². The van der Waals surface area contributed by atoms with Crippen LogP contribution in [0.3, 0.4) is 0 Å². The van der Waals surface area contributed by atoms with Crippen LogP contribution in [0.4, 0.5) is 0 Å². The number of nitrogens with one attached hydrogen (secondary N) is 2. The molecule has 11 heteroatoms. The number of hydrogen-bond donors (Lipinski definition) is 3. The zero-order valence-electron chi connectivity index (χ0n) is 19.0. The second-order valence-electron chi connectivity index (χ2n) is 8.84. The molecule has 34 heavy (non-hydrogen) atoms. The summed E-state index contributed by atoms with van der Waals surface area (Å²) in [6.45, 7) is 2.02. The molecule has 0 aromatic heterocycles. The van der Waals surface area contributed by atoms with Crippen molar-refractivity contribution in [1.82, 2.24) is 14.9 Å². The van der Waals surface area contributed by atoms with Crippen LogP contribution in [0.25, 0.3) is 0 Å². The average molecular weight is 505 g/mol. The van der Waals surface area contributed by atoms with Gasteiger partial charge in [-0.2, -0.15) is 0 Å². The number of halogens is 1. The van der Waals surface area contributed by atoms with E-state index in [2.05, 4.69) is 24.9 Å². The molecule has 1 aromatic rings. The molecule has 0 saturated carbocycles. The molecule has 1 unspecified atom stereocenters. The van der Waals surface area contributed by atoms with Gasteiger partial charge in [-0.05, 0) is 43.0 Å². The number of nitrogens with two attached hydrogens (primary N) is 1. The minimum Gasteiger partial charge on any atom is -0.370 e. The number of rotatable bonds is 8. The van der Waals surface area contributed by atoms with E-state index in [1.807, 2.05) is 24.4 Å². The predicted octanol–water partition coefficient (Wildman–Crippen LogP) is 1.54. The third kappa shape index (κ3) is 5.75. The van der Waals surface area contributed by atoms with Gasteiger partial charge in [-0.15, -0.1) is 0 Å². The Labute approximate surface area is 204 Å². The highest BCUT2D eigenvalue weighted by Gasteiger charge is 2.39. The van der Waals surface area contributed by atoms with Gasteiger partial charge in [0.15, 0.2) is 0 Å². The molecule has 1 aromatic carbocycles. The molecule has 9 nitrogen and oxygen atoms in total. The number of carbonyl (C=O) groups excluding carboxylic acids is 1. The molecular formula is C23H29ClN6O3S. The molecule has 0 radical (unpaired) electrons. The van der Waals surface area contributed by atoms with Crippen molar-refractivity contribution < 1.29 is 13.2 Å². The fourth-order valence-electron chi connectivity index (χ4n) is 4.35. The van der Waals surface area contributed by atoms with Crippen molar-refractivity contribution in [3.8, 4) is 0 Å². The summed E-state index contributed by atoms with van der Waals surface area (Å²) in [7, 11) is -3.34. The van der Waals surface area contributed by atoms with E-state index in [9.17, 15) is 13.2 Å². The van der Waals surface area contributed by atoms with Gasteiger partial charge in [0.1, 0.15) is 0 Å². The quantitative estimate of drug-likeness (QED) is 0.494. The molecule has 3 aliphatic rings. The number of piperidine rings is 1. The Morgan fingerprint density at radius 3 is 2.65 bits per heavy atom. The standard InChI is InChI=1S/C23H29ClN6O3S/c1-34(32,33)28-11-7-19(16-2-4-17(24)5-3-16)29-22(31)23(25)8-12-30(13-9-23)21-15-26-14-20-18(21)6-10-27-20/h2-6,10,15,19,28H,7-9,11-14,25H2,1H3,(H,29,31). The number of nitrogens with zero attached hydrogens (tertiary/aromatic N) is 3. The van der Waals surface area contributed by atoms with Crippen LogP contribution in [0.15, 0.2) is 57.8 Å². The minimum atomic E-state index is -3.34. The van der Waals surface area contributed by atoms with Crippen LogP contribution in [-0.4, -0.2) is 69.1 Å². The second kappa shape index (κ2) is 9.99. The summed E-state index contributed by atoms with van der Waals surface area (Å²) in [6.07, 6.45) is 8.11. The van der Waals surface area contributed by atoms with Gasteiger partial charge in [-0.1, -0.05) is 23.7 Å². The van der Waals surface area contributed by atoms with E-state index in [-0.39, 0.29) is 12.5 Å². The van der Waals surface area contributed by atoms with E-state index in [1.165, 1.54) is 0 Å². The van der Waals surface area contributed by atoms with Crippen molar-refractivity contribution in [2.45, 2.75) is 30.8 Å². The van der Waals surface area contributed by atoms with Crippen LogP contribution in [0.2, 0.25) is 5.02 Å². The largest absolute Gasteiger partial charge is 0.370 e. The summed E-state index contributed by atoms with van der Waals surface area (Å²) >= 11 is 6.01. The van der Waals surface area contributed by atoms with Crippen LogP contribution >= 0.6 is 11.6 Å². The molecule has 4 N–H and O–H groups in total. The Hall–Kier alpha value is -2.53. The first-order chi connectivity index (χ1) is 16.1. The zero-order valence-corrected chi connectivity index (χ0v) is 20.6. The third-order valence-electron chi connectivity index (χ3n) is 6.34. The van der Waals surface area contributed by atoms with Gasteiger partial charge >= 0.3 is 0 Å². The minimum absolute atomic E-state index is 0.186. The van der Waals surface area contributed by atoms with Crippen molar-refractivity contribution in [3.63, 3.8) is 0 Å². The number of amides is 1. The predicted molar refractivity (Wildman–Crippen MR) is 134 cm³/mol. The van der Waals surface area contributed by atoms with Crippen LogP contribution in [0.1, 0.15) is 30.9 Å². The number of fused-ring (bicyclic) bond motifs is 1. The summed E-state index contributed by atoms with van der Waals surface area (Å²) in [5, 5.41) is 3.63. The lowest BCUT2D eigenvalue weighted by Crippen LogP contribution is -2.60. The lowest BCUT2D eigenvalue weighted by atomic mass is 9.86. The summed E-state index contributed by atoms with van der Waals surface area (Å²) in [5.74, 6) is -0.246. The van der Waals surface area contributed by atoms with Crippen molar-refractivity contribution in [2.24, 2.45) is 15.7 Å². The SMILES string of the molecule is CS(=O)(=O)NCCC(NC(=O)C1(N)CCN(C2=C3C=CN=C3CN=C2)CC1)c1ccc(Cl)cc1. The number of allylic oxidation sites excluding steroid dienone is 2. The first-order valence-corrected chi connectivity index (χ1v) is 13.4. The molecule has 1 atom stereocenters. The highest BCUT2D eigenvalue weighted by Crippen LogP contribution is 2.28. The maximum absolute atomic E-state index is 13.3. The van der Waals surface area contributed by atoms with Crippen LogP contribution in [-0.2, 0) is 14.8 Å². The van der Waals surface area contributed by atoms with Gasteiger partial charge in [0.05, 0.1) is 35.8 Å². The number of dihydropyridines is 1. The average Bonchev–Trinajstić information content (AvgIpc) is 3.28. The van der Waals surface area contributed by atoms with Crippen molar-refractivity contribution >= 4 is 39.5 Å². The van der Waals surface area contributed by atoms with Crippen LogP contribution < -0.4 is 15.8 Å². The lowest BCUT2D eigenvalue weighted by Gasteiger charge is -2.40. The van der Waals surface area contributed by atoms with E-state index in [0.717, 1.165) is 28.8 Å². The number of hydrogen-bond acceptors (Lipinski definition) is 7. The summed E-state index contributed by atoms with van der Waals surface area (Å²) in [5.41, 5.74) is 9.48. The maximum atomic E-state index is 13.3. The van der Waals surface area contributed by atoms with E-state index in [4.69, 9.17) is 17.3 Å². The van der Waals surface area contributed by atoms with Crippen molar-refractivity contribution in [2.75, 3.05) is 32.4 Å².